The van der Waals surface area contributed by atoms with Crippen LogP contribution in [0.2, 0.25) is 5.02 Å². The van der Waals surface area contributed by atoms with Crippen LogP contribution in [0, 0.1) is 0 Å². The van der Waals surface area contributed by atoms with Crippen LogP contribution in [-0.2, 0) is 16.0 Å². The number of rotatable bonds is 6. The van der Waals surface area contributed by atoms with Crippen LogP contribution in [0.15, 0.2) is 34.9 Å². The van der Waals surface area contributed by atoms with E-state index in [2.05, 4.69) is 4.98 Å². The van der Waals surface area contributed by atoms with Gasteiger partial charge in [0.1, 0.15) is 18.4 Å². The lowest BCUT2D eigenvalue weighted by molar-refractivity contribution is -0.140. The normalized spacial score (nSPS) is 17.7. The molecule has 1 aromatic carbocycles. The first-order valence-corrected chi connectivity index (χ1v) is 9.11. The molecule has 1 unspecified atom stereocenters. The lowest BCUT2D eigenvalue weighted by Gasteiger charge is -2.33. The fraction of sp³-hybridized carbons (Fsp3) is 0.474. The van der Waals surface area contributed by atoms with Gasteiger partial charge < -0.3 is 14.1 Å². The molecule has 0 aliphatic carbocycles. The molecule has 0 spiro atoms. The van der Waals surface area contributed by atoms with E-state index < -0.39 is 0 Å². The van der Waals surface area contributed by atoms with E-state index in [9.17, 15) is 4.79 Å². The van der Waals surface area contributed by atoms with Crippen LogP contribution in [0.3, 0.4) is 0 Å². The van der Waals surface area contributed by atoms with Crippen molar-refractivity contribution >= 4 is 17.5 Å². The molecule has 6 heteroatoms. The number of amides is 1. The highest BCUT2D eigenvalue weighted by atomic mass is 35.5. The summed E-state index contributed by atoms with van der Waals surface area (Å²) in [6, 6.07) is 7.59. The number of carbonyl (C=O) groups excluding carboxylic acids is 1. The average molecular weight is 363 g/mol. The van der Waals surface area contributed by atoms with Gasteiger partial charge in [0.15, 0.2) is 0 Å². The first-order chi connectivity index (χ1) is 12.2. The lowest BCUT2D eigenvalue weighted by atomic mass is 10.0. The molecule has 1 fully saturated rings. The molecule has 1 aliphatic heterocycles. The third-order valence-electron chi connectivity index (χ3n) is 4.38. The highest BCUT2D eigenvalue weighted by molar-refractivity contribution is 6.30. The molecule has 1 aliphatic rings. The van der Waals surface area contributed by atoms with Crippen molar-refractivity contribution in [2.45, 2.75) is 38.6 Å². The van der Waals surface area contributed by atoms with E-state index in [0.29, 0.717) is 23.9 Å². The van der Waals surface area contributed by atoms with Crippen molar-refractivity contribution in [3.8, 4) is 0 Å². The number of oxazole rings is 1. The maximum absolute atomic E-state index is 12.4. The van der Waals surface area contributed by atoms with Crippen molar-refractivity contribution in [3.05, 3.63) is 52.7 Å². The summed E-state index contributed by atoms with van der Waals surface area (Å²) < 4.78 is 11.2. The summed E-state index contributed by atoms with van der Waals surface area (Å²) in [5.74, 6) is 1.39. The second-order valence-electron chi connectivity index (χ2n) is 6.21. The monoisotopic (exact) mass is 362 g/mol. The molecule has 3 rings (SSSR count). The number of benzene rings is 1. The van der Waals surface area contributed by atoms with Crippen LogP contribution in [0.25, 0.3) is 0 Å². The molecule has 0 bridgehead atoms. The Balaban J connectivity index is 1.71. The minimum atomic E-state index is -0.102. The van der Waals surface area contributed by atoms with E-state index in [0.717, 1.165) is 37.1 Å². The maximum atomic E-state index is 12.4. The van der Waals surface area contributed by atoms with Gasteiger partial charge in [-0.3, -0.25) is 4.79 Å². The summed E-state index contributed by atoms with van der Waals surface area (Å²) in [4.78, 5) is 18.7. The summed E-state index contributed by atoms with van der Waals surface area (Å²) >= 11 is 6.03. The Kier molecular flexibility index (Phi) is 6.10. The summed E-state index contributed by atoms with van der Waals surface area (Å²) in [5, 5.41) is 0.706. The summed E-state index contributed by atoms with van der Waals surface area (Å²) in [7, 11) is 0. The highest BCUT2D eigenvalue weighted by Gasteiger charge is 2.31. The first kappa shape index (κ1) is 18.0. The van der Waals surface area contributed by atoms with E-state index in [-0.39, 0.29) is 18.6 Å². The van der Waals surface area contributed by atoms with Crippen molar-refractivity contribution in [2.75, 3.05) is 19.8 Å². The molecule has 0 saturated carbocycles. The minimum absolute atomic E-state index is 0.00106. The Hall–Kier alpha value is -1.85. The van der Waals surface area contributed by atoms with E-state index in [1.165, 1.54) is 0 Å². The Bertz CT molecular complexity index is 716. The molecule has 1 aromatic heterocycles. The first-order valence-electron chi connectivity index (χ1n) is 8.73. The molecular weight excluding hydrogens is 340 g/mol. The topological polar surface area (TPSA) is 55.6 Å². The van der Waals surface area contributed by atoms with Crippen molar-refractivity contribution in [1.29, 1.82) is 0 Å². The van der Waals surface area contributed by atoms with E-state index in [1.807, 2.05) is 36.1 Å². The molecule has 2 aromatic rings. The molecule has 1 saturated heterocycles. The number of hydrogen-bond donors (Lipinski definition) is 0. The molecule has 1 atom stereocenters. The average Bonchev–Trinajstić information content (AvgIpc) is 3.08. The van der Waals surface area contributed by atoms with Gasteiger partial charge >= 0.3 is 0 Å². The fourth-order valence-corrected chi connectivity index (χ4v) is 3.38. The van der Waals surface area contributed by atoms with Crippen LogP contribution in [-0.4, -0.2) is 35.5 Å². The van der Waals surface area contributed by atoms with Gasteiger partial charge in [0.05, 0.1) is 6.20 Å². The predicted octanol–water partition coefficient (Wildman–Crippen LogP) is 4.01. The van der Waals surface area contributed by atoms with Gasteiger partial charge in [-0.25, -0.2) is 4.98 Å². The number of nitrogens with zero attached hydrogens (tertiary/aromatic N) is 2. The highest BCUT2D eigenvalue weighted by Crippen LogP contribution is 2.31. The number of likely N-dealkylation sites (tertiary alicyclic amines) is 1. The number of hydrogen-bond acceptors (Lipinski definition) is 4. The van der Waals surface area contributed by atoms with Gasteiger partial charge in [0.25, 0.3) is 0 Å². The van der Waals surface area contributed by atoms with Gasteiger partial charge in [-0.1, -0.05) is 23.7 Å². The number of aromatic nitrogens is 1. The van der Waals surface area contributed by atoms with E-state index in [4.69, 9.17) is 20.8 Å². The SMILES string of the molecule is CCOCC(=O)N1CCCCC1c1ncc(Cc2cccc(Cl)c2)o1. The zero-order chi connectivity index (χ0) is 17.6. The Morgan fingerprint density at radius 3 is 3.12 bits per heavy atom. The van der Waals surface area contributed by atoms with Gasteiger partial charge in [-0.05, 0) is 43.9 Å². The van der Waals surface area contributed by atoms with Gasteiger partial charge in [0.2, 0.25) is 11.8 Å². The standard InChI is InChI=1S/C19H23ClN2O3/c1-2-24-13-18(23)22-9-4-3-8-17(22)19-21-12-16(25-19)11-14-6-5-7-15(20)10-14/h5-7,10,12,17H,2-4,8-9,11,13H2,1H3. The molecule has 1 amide bonds. The van der Waals surface area contributed by atoms with E-state index in [1.54, 1.807) is 6.20 Å². The molecule has 0 N–H and O–H groups in total. The minimum Gasteiger partial charge on any atom is -0.443 e. The third kappa shape index (κ3) is 4.61. The zero-order valence-corrected chi connectivity index (χ0v) is 15.2. The predicted molar refractivity (Wildman–Crippen MR) is 95.6 cm³/mol. The van der Waals surface area contributed by atoms with Crippen LogP contribution in [0.4, 0.5) is 0 Å². The molecule has 2 heterocycles. The van der Waals surface area contributed by atoms with Crippen LogP contribution in [0.1, 0.15) is 49.4 Å². The molecule has 0 radical (unpaired) electrons. The van der Waals surface area contributed by atoms with E-state index >= 15 is 0 Å². The van der Waals surface area contributed by atoms with Crippen molar-refractivity contribution < 1.29 is 13.9 Å². The van der Waals surface area contributed by atoms with Crippen LogP contribution in [0.5, 0.6) is 0 Å². The van der Waals surface area contributed by atoms with Gasteiger partial charge in [-0.2, -0.15) is 0 Å². The van der Waals surface area contributed by atoms with Gasteiger partial charge in [-0.15, -0.1) is 0 Å². The van der Waals surface area contributed by atoms with Crippen LogP contribution < -0.4 is 0 Å². The Morgan fingerprint density at radius 2 is 2.32 bits per heavy atom. The Labute approximate surface area is 152 Å². The second-order valence-corrected chi connectivity index (χ2v) is 6.64. The molecule has 25 heavy (non-hydrogen) atoms. The third-order valence-corrected chi connectivity index (χ3v) is 4.61. The van der Waals surface area contributed by atoms with Crippen molar-refractivity contribution in [2.24, 2.45) is 0 Å². The van der Waals surface area contributed by atoms with Gasteiger partial charge in [0, 0.05) is 24.6 Å². The molecule has 134 valence electrons. The summed E-state index contributed by atoms with van der Waals surface area (Å²) in [6.07, 6.45) is 5.32. The largest absolute Gasteiger partial charge is 0.443 e. The summed E-state index contributed by atoms with van der Waals surface area (Å²) in [6.45, 7) is 3.26. The second kappa shape index (κ2) is 8.50. The molecule has 5 nitrogen and oxygen atoms in total. The molecular formula is C19H23ClN2O3. The summed E-state index contributed by atoms with van der Waals surface area (Å²) in [5.41, 5.74) is 1.07. The number of carbonyl (C=O) groups is 1. The quantitative estimate of drug-likeness (QED) is 0.779. The fourth-order valence-electron chi connectivity index (χ4n) is 3.17. The zero-order valence-electron chi connectivity index (χ0n) is 14.4. The van der Waals surface area contributed by atoms with Crippen LogP contribution >= 0.6 is 11.6 Å². The number of ether oxygens (including phenoxy) is 1. The Morgan fingerprint density at radius 1 is 1.44 bits per heavy atom. The maximum Gasteiger partial charge on any atom is 0.249 e. The lowest BCUT2D eigenvalue weighted by Crippen LogP contribution is -2.40. The number of piperidine rings is 1. The van der Waals surface area contributed by atoms with Crippen molar-refractivity contribution in [3.63, 3.8) is 0 Å². The van der Waals surface area contributed by atoms with Crippen molar-refractivity contribution in [1.82, 2.24) is 9.88 Å². The number of halogens is 1. The smallest absolute Gasteiger partial charge is 0.249 e.